The van der Waals surface area contributed by atoms with Crippen LogP contribution in [0.2, 0.25) is 4.82 Å². The summed E-state index contributed by atoms with van der Waals surface area (Å²) >= 11 is -0.255. The fraction of sp³-hybridized carbons (Fsp3) is 0.200. The summed E-state index contributed by atoms with van der Waals surface area (Å²) in [5, 5.41) is 0. The van der Waals surface area contributed by atoms with Crippen molar-refractivity contribution in [2.24, 2.45) is 0 Å². The van der Waals surface area contributed by atoms with E-state index < -0.39 is 4.82 Å². The van der Waals surface area contributed by atoms with E-state index in [2.05, 4.69) is 0 Å². The predicted octanol–water partition coefficient (Wildman–Crippen LogP) is 2.72. The molecular weight excluding hydrogens is 365 g/mol. The van der Waals surface area contributed by atoms with Crippen LogP contribution in [-0.4, -0.2) is 45.1 Å². The van der Waals surface area contributed by atoms with Crippen molar-refractivity contribution in [2.75, 3.05) is 13.6 Å². The van der Waals surface area contributed by atoms with Crippen LogP contribution in [0.4, 0.5) is 0 Å². The first-order chi connectivity index (χ1) is 11.6. The minimum atomic E-state index is -0.641. The number of carbonyl (C=O) groups is 2. The molecule has 0 heterocycles. The van der Waals surface area contributed by atoms with Crippen molar-refractivity contribution in [3.63, 3.8) is 0 Å². The zero-order valence-corrected chi connectivity index (χ0v) is 15.6. The SMILES string of the molecule is C/C=C/CN(C)C(=O)C([Se]c1ccccc1)C(=O)c1ccccc1. The van der Waals surface area contributed by atoms with Gasteiger partial charge in [0.1, 0.15) is 0 Å². The van der Waals surface area contributed by atoms with Crippen molar-refractivity contribution in [3.8, 4) is 0 Å². The third kappa shape index (κ3) is 4.92. The Morgan fingerprint density at radius 3 is 2.21 bits per heavy atom. The Balaban J connectivity index is 2.27. The van der Waals surface area contributed by atoms with E-state index in [0.717, 1.165) is 4.46 Å². The average Bonchev–Trinajstić information content (AvgIpc) is 2.64. The topological polar surface area (TPSA) is 37.4 Å². The number of benzene rings is 2. The van der Waals surface area contributed by atoms with Crippen molar-refractivity contribution < 1.29 is 9.59 Å². The van der Waals surface area contributed by atoms with Gasteiger partial charge in [0.2, 0.25) is 0 Å². The van der Waals surface area contributed by atoms with Gasteiger partial charge in [-0.1, -0.05) is 0 Å². The van der Waals surface area contributed by atoms with Gasteiger partial charge in [-0.15, -0.1) is 0 Å². The van der Waals surface area contributed by atoms with Crippen molar-refractivity contribution in [3.05, 3.63) is 78.4 Å². The summed E-state index contributed by atoms with van der Waals surface area (Å²) in [7, 11) is 1.74. The molecule has 0 saturated heterocycles. The van der Waals surface area contributed by atoms with Crippen LogP contribution in [0, 0.1) is 0 Å². The van der Waals surface area contributed by atoms with Gasteiger partial charge in [-0.3, -0.25) is 0 Å². The summed E-state index contributed by atoms with van der Waals surface area (Å²) in [6, 6.07) is 18.8. The Morgan fingerprint density at radius 2 is 1.62 bits per heavy atom. The number of Topliss-reactive ketones (excluding diaryl/α,β-unsaturated/α-hetero) is 1. The van der Waals surface area contributed by atoms with E-state index in [1.165, 1.54) is 0 Å². The van der Waals surface area contributed by atoms with Crippen molar-refractivity contribution >= 4 is 31.1 Å². The average molecular weight is 386 g/mol. The quantitative estimate of drug-likeness (QED) is 0.318. The molecule has 3 nitrogen and oxygen atoms in total. The van der Waals surface area contributed by atoms with Gasteiger partial charge in [-0.05, 0) is 0 Å². The van der Waals surface area contributed by atoms with Crippen molar-refractivity contribution in [1.82, 2.24) is 4.90 Å². The zero-order valence-electron chi connectivity index (χ0n) is 13.9. The van der Waals surface area contributed by atoms with Crippen LogP contribution in [0.1, 0.15) is 17.3 Å². The standard InChI is InChI=1S/C20H21NO2Se/c1-3-4-15-21(2)20(23)19(24-17-13-9-6-10-14-17)18(22)16-11-7-5-8-12-16/h3-14,19H,15H2,1-2H3/b4-3+. The van der Waals surface area contributed by atoms with E-state index >= 15 is 0 Å². The Bertz CT molecular complexity index is 698. The molecule has 0 aliphatic heterocycles. The van der Waals surface area contributed by atoms with E-state index in [4.69, 9.17) is 0 Å². The summed E-state index contributed by atoms with van der Waals surface area (Å²) < 4.78 is 1.05. The Morgan fingerprint density at radius 1 is 1.04 bits per heavy atom. The molecule has 1 amide bonds. The first-order valence-corrected chi connectivity index (χ1v) is 9.65. The van der Waals surface area contributed by atoms with Crippen LogP contribution < -0.4 is 4.46 Å². The molecule has 0 aromatic heterocycles. The maximum absolute atomic E-state index is 12.9. The summed E-state index contributed by atoms with van der Waals surface area (Å²) in [5.41, 5.74) is 0.591. The number of ketones is 1. The normalized spacial score (nSPS) is 12.1. The van der Waals surface area contributed by atoms with E-state index in [9.17, 15) is 9.59 Å². The number of likely N-dealkylation sites (N-methyl/N-ethyl adjacent to an activating group) is 1. The van der Waals surface area contributed by atoms with E-state index in [0.29, 0.717) is 12.1 Å². The van der Waals surface area contributed by atoms with E-state index in [1.54, 1.807) is 24.1 Å². The van der Waals surface area contributed by atoms with Crippen LogP contribution in [-0.2, 0) is 4.79 Å². The first-order valence-electron chi connectivity index (χ1n) is 7.80. The van der Waals surface area contributed by atoms with Gasteiger partial charge in [-0.2, -0.15) is 0 Å². The Labute approximate surface area is 149 Å². The number of carbonyl (C=O) groups excluding carboxylic acids is 2. The molecule has 124 valence electrons. The van der Waals surface area contributed by atoms with Crippen LogP contribution in [0.5, 0.6) is 0 Å². The third-order valence-electron chi connectivity index (χ3n) is 3.51. The maximum atomic E-state index is 12.9. The molecule has 0 bridgehead atoms. The Kier molecular flexibility index (Phi) is 6.98. The van der Waals surface area contributed by atoms with Crippen LogP contribution in [0.25, 0.3) is 0 Å². The molecule has 2 aromatic carbocycles. The zero-order chi connectivity index (χ0) is 17.4. The molecule has 0 aliphatic rings. The van der Waals surface area contributed by atoms with Gasteiger partial charge < -0.3 is 0 Å². The number of amides is 1. The summed E-state index contributed by atoms with van der Waals surface area (Å²) in [5.74, 6) is -0.220. The fourth-order valence-electron chi connectivity index (χ4n) is 2.16. The van der Waals surface area contributed by atoms with Gasteiger partial charge in [0.25, 0.3) is 0 Å². The molecule has 0 radical (unpaired) electrons. The first kappa shape index (κ1) is 18.2. The second-order valence-electron chi connectivity index (χ2n) is 5.33. The van der Waals surface area contributed by atoms with Crippen LogP contribution in [0.3, 0.4) is 0 Å². The molecule has 2 aromatic rings. The predicted molar refractivity (Wildman–Crippen MR) is 98.8 cm³/mol. The second kappa shape index (κ2) is 9.21. The molecule has 0 N–H and O–H groups in total. The van der Waals surface area contributed by atoms with Gasteiger partial charge in [0.05, 0.1) is 0 Å². The van der Waals surface area contributed by atoms with E-state index in [1.807, 2.05) is 67.6 Å². The number of rotatable bonds is 7. The van der Waals surface area contributed by atoms with Gasteiger partial charge in [0.15, 0.2) is 0 Å². The van der Waals surface area contributed by atoms with Crippen LogP contribution in [0.15, 0.2) is 72.8 Å². The fourth-order valence-corrected chi connectivity index (χ4v) is 4.49. The number of nitrogens with zero attached hydrogens (tertiary/aromatic N) is 1. The van der Waals surface area contributed by atoms with Gasteiger partial charge >= 0.3 is 149 Å². The minimum absolute atomic E-state index is 0.100. The van der Waals surface area contributed by atoms with Gasteiger partial charge in [0, 0.05) is 0 Å². The molecule has 0 fully saturated rings. The summed E-state index contributed by atoms with van der Waals surface area (Å²) in [4.78, 5) is 26.8. The molecular formula is C20H21NO2Se. The molecule has 4 heteroatoms. The van der Waals surface area contributed by atoms with E-state index in [-0.39, 0.29) is 26.6 Å². The molecule has 0 spiro atoms. The summed E-state index contributed by atoms with van der Waals surface area (Å²) in [6.45, 7) is 2.43. The number of hydrogen-bond donors (Lipinski definition) is 0. The van der Waals surface area contributed by atoms with Crippen molar-refractivity contribution in [1.29, 1.82) is 0 Å². The summed E-state index contributed by atoms with van der Waals surface area (Å²) in [6.07, 6.45) is 3.82. The molecule has 0 saturated carbocycles. The molecule has 2 rings (SSSR count). The Hall–Kier alpha value is -2.16. The third-order valence-corrected chi connectivity index (χ3v) is 6.02. The molecule has 0 aliphatic carbocycles. The molecule has 1 atom stereocenters. The van der Waals surface area contributed by atoms with Gasteiger partial charge in [-0.25, -0.2) is 0 Å². The van der Waals surface area contributed by atoms with Crippen molar-refractivity contribution in [2.45, 2.75) is 11.7 Å². The number of hydrogen-bond acceptors (Lipinski definition) is 2. The molecule has 24 heavy (non-hydrogen) atoms. The monoisotopic (exact) mass is 387 g/mol. The molecule has 1 unspecified atom stereocenters. The second-order valence-corrected chi connectivity index (χ2v) is 7.80. The van der Waals surface area contributed by atoms with Crippen LogP contribution >= 0.6 is 0 Å². The number of allylic oxidation sites excluding steroid dienone is 1.